The molecule has 26 heavy (non-hydrogen) atoms. The van der Waals surface area contributed by atoms with Crippen LogP contribution in [-0.2, 0) is 6.54 Å². The molecule has 7 heteroatoms. The fraction of sp³-hybridized carbons (Fsp3) is 0.158. The van der Waals surface area contributed by atoms with E-state index in [1.54, 1.807) is 30.1 Å². The minimum Gasteiger partial charge on any atom is -0.347 e. The molecule has 0 atom stereocenters. The zero-order valence-corrected chi connectivity index (χ0v) is 15.4. The van der Waals surface area contributed by atoms with Gasteiger partial charge in [0.1, 0.15) is 10.8 Å². The Labute approximate surface area is 159 Å². The van der Waals surface area contributed by atoms with Crippen LogP contribution in [0.1, 0.15) is 15.2 Å². The van der Waals surface area contributed by atoms with Gasteiger partial charge in [0.15, 0.2) is 0 Å². The van der Waals surface area contributed by atoms with Crippen molar-refractivity contribution in [2.24, 2.45) is 0 Å². The maximum atomic E-state index is 12.9. The fourth-order valence-corrected chi connectivity index (χ4v) is 4.64. The van der Waals surface area contributed by atoms with Gasteiger partial charge in [-0.2, -0.15) is 0 Å². The van der Waals surface area contributed by atoms with Crippen LogP contribution in [0, 0.1) is 5.82 Å². The maximum absolute atomic E-state index is 12.9. The normalized spacial score (nSPS) is 13.3. The summed E-state index contributed by atoms with van der Waals surface area (Å²) in [5.41, 5.74) is 1.95. The lowest BCUT2D eigenvalue weighted by Crippen LogP contribution is -2.23. The van der Waals surface area contributed by atoms with Gasteiger partial charge in [0.2, 0.25) is 0 Å². The van der Waals surface area contributed by atoms with E-state index >= 15 is 0 Å². The second kappa shape index (κ2) is 7.47. The van der Waals surface area contributed by atoms with E-state index < -0.39 is 0 Å². The number of hydrogen-bond donors (Lipinski definition) is 1. The molecular weight excluding hydrogens is 369 g/mol. The van der Waals surface area contributed by atoms with E-state index in [-0.39, 0.29) is 11.7 Å². The van der Waals surface area contributed by atoms with Gasteiger partial charge in [0.05, 0.1) is 15.6 Å². The van der Waals surface area contributed by atoms with Crippen molar-refractivity contribution in [3.8, 4) is 0 Å². The van der Waals surface area contributed by atoms with E-state index in [0.29, 0.717) is 11.4 Å². The number of nitrogens with zero attached hydrogens (tertiary/aromatic N) is 2. The Morgan fingerprint density at radius 2 is 2.04 bits per heavy atom. The lowest BCUT2D eigenvalue weighted by Gasteiger charge is -2.28. The van der Waals surface area contributed by atoms with E-state index in [2.05, 4.69) is 21.3 Å². The van der Waals surface area contributed by atoms with Crippen LogP contribution in [0.2, 0.25) is 0 Å². The molecule has 1 aliphatic rings. The molecule has 0 fully saturated rings. The van der Waals surface area contributed by atoms with Crippen LogP contribution in [-0.4, -0.2) is 23.2 Å². The summed E-state index contributed by atoms with van der Waals surface area (Å²) < 4.78 is 12.9. The molecular formula is C19H16FN3OS2. The number of carbonyl (C=O) groups is 1. The molecule has 132 valence electrons. The zero-order chi connectivity index (χ0) is 17.9. The van der Waals surface area contributed by atoms with Crippen LogP contribution in [0.4, 0.5) is 15.1 Å². The summed E-state index contributed by atoms with van der Waals surface area (Å²) in [6, 6.07) is 13.9. The molecule has 4 rings (SSSR count). The molecule has 1 aliphatic heterocycles. The van der Waals surface area contributed by atoms with Crippen LogP contribution in [0.5, 0.6) is 0 Å². The smallest absolute Gasteiger partial charge is 0.261 e. The first-order chi connectivity index (χ1) is 12.7. The van der Waals surface area contributed by atoms with Gasteiger partial charge >= 0.3 is 0 Å². The molecule has 3 heterocycles. The van der Waals surface area contributed by atoms with Crippen molar-refractivity contribution in [3.05, 3.63) is 71.0 Å². The minimum atomic E-state index is -0.280. The summed E-state index contributed by atoms with van der Waals surface area (Å²) in [5, 5.41) is 4.94. The molecule has 0 spiro atoms. The summed E-state index contributed by atoms with van der Waals surface area (Å²) in [6.07, 6.45) is 1.80. The summed E-state index contributed by atoms with van der Waals surface area (Å²) in [4.78, 5) is 19.7. The number of halogens is 1. The monoisotopic (exact) mass is 385 g/mol. The average molecular weight is 385 g/mol. The Bertz CT molecular complexity index is 927. The van der Waals surface area contributed by atoms with E-state index in [9.17, 15) is 9.18 Å². The number of benzene rings is 1. The topological polar surface area (TPSA) is 45.2 Å². The molecule has 0 unspecified atom stereocenters. The van der Waals surface area contributed by atoms with Gasteiger partial charge in [-0.3, -0.25) is 4.79 Å². The molecule has 4 nitrogen and oxygen atoms in total. The first-order valence-electron chi connectivity index (χ1n) is 8.18. The Hall–Kier alpha value is -2.38. The van der Waals surface area contributed by atoms with Gasteiger partial charge in [0.25, 0.3) is 5.91 Å². The third-order valence-corrected chi connectivity index (χ3v) is 6.13. The van der Waals surface area contributed by atoms with E-state index in [0.717, 1.165) is 33.6 Å². The number of rotatable bonds is 4. The molecule has 0 radical (unpaired) electrons. The molecule has 1 N–H and O–H groups in total. The van der Waals surface area contributed by atoms with Crippen LogP contribution < -0.4 is 10.2 Å². The van der Waals surface area contributed by atoms with Crippen molar-refractivity contribution >= 4 is 39.7 Å². The van der Waals surface area contributed by atoms with Crippen LogP contribution >= 0.6 is 23.1 Å². The fourth-order valence-electron chi connectivity index (χ4n) is 2.75. The number of anilines is 2. The molecule has 0 bridgehead atoms. The third-order valence-electron chi connectivity index (χ3n) is 4.04. The SMILES string of the molecule is O=C(NCc1ccc(F)cc1)c1ccc(N2CCSc3ncccc32)s1. The maximum Gasteiger partial charge on any atom is 0.261 e. The second-order valence-electron chi connectivity index (χ2n) is 5.77. The predicted octanol–water partition coefficient (Wildman–Crippen LogP) is 4.46. The second-order valence-corrected chi connectivity index (χ2v) is 7.92. The molecule has 3 aromatic rings. The highest BCUT2D eigenvalue weighted by atomic mass is 32.2. The van der Waals surface area contributed by atoms with Crippen molar-refractivity contribution in [1.29, 1.82) is 0 Å². The summed E-state index contributed by atoms with van der Waals surface area (Å²) in [6.45, 7) is 1.26. The highest BCUT2D eigenvalue weighted by Gasteiger charge is 2.21. The number of aromatic nitrogens is 1. The van der Waals surface area contributed by atoms with Gasteiger partial charge in [0, 0.05) is 25.0 Å². The quantitative estimate of drug-likeness (QED) is 0.720. The van der Waals surface area contributed by atoms with Gasteiger partial charge in [-0.25, -0.2) is 9.37 Å². The molecule has 2 aromatic heterocycles. The van der Waals surface area contributed by atoms with E-state index in [4.69, 9.17) is 0 Å². The first kappa shape index (κ1) is 17.1. The van der Waals surface area contributed by atoms with Crippen LogP contribution in [0.3, 0.4) is 0 Å². The van der Waals surface area contributed by atoms with Gasteiger partial charge in [-0.05, 0) is 42.0 Å². The number of carbonyl (C=O) groups excluding carboxylic acids is 1. The summed E-state index contributed by atoms with van der Waals surface area (Å²) in [5.74, 6) is 0.564. The number of thioether (sulfide) groups is 1. The van der Waals surface area contributed by atoms with Gasteiger partial charge in [-0.15, -0.1) is 23.1 Å². The highest BCUT2D eigenvalue weighted by Crippen LogP contribution is 2.39. The number of hydrogen-bond acceptors (Lipinski definition) is 5. The molecule has 0 saturated carbocycles. The Balaban J connectivity index is 1.46. The lowest BCUT2D eigenvalue weighted by atomic mass is 10.2. The van der Waals surface area contributed by atoms with Gasteiger partial charge in [-0.1, -0.05) is 12.1 Å². The molecule has 0 aliphatic carbocycles. The standard InChI is InChI=1S/C19H16FN3OS2/c20-14-5-3-13(4-6-14)12-22-18(24)16-7-8-17(26-16)23-10-11-25-19-15(23)2-1-9-21-19/h1-9H,10-12H2,(H,22,24). The number of nitrogens with one attached hydrogen (secondary N) is 1. The Kier molecular flexibility index (Phi) is 4.90. The highest BCUT2D eigenvalue weighted by molar-refractivity contribution is 7.99. The predicted molar refractivity (Wildman–Crippen MR) is 104 cm³/mol. The Morgan fingerprint density at radius 1 is 1.19 bits per heavy atom. The first-order valence-corrected chi connectivity index (χ1v) is 9.99. The van der Waals surface area contributed by atoms with E-state index in [1.807, 2.05) is 18.2 Å². The number of thiophene rings is 1. The van der Waals surface area contributed by atoms with Crippen molar-refractivity contribution in [1.82, 2.24) is 10.3 Å². The summed E-state index contributed by atoms with van der Waals surface area (Å²) >= 11 is 3.22. The van der Waals surface area contributed by atoms with E-state index in [1.165, 1.54) is 23.5 Å². The number of pyridine rings is 1. The summed E-state index contributed by atoms with van der Waals surface area (Å²) in [7, 11) is 0. The Morgan fingerprint density at radius 3 is 2.88 bits per heavy atom. The van der Waals surface area contributed by atoms with Crippen molar-refractivity contribution in [2.45, 2.75) is 11.6 Å². The van der Waals surface area contributed by atoms with Crippen LogP contribution in [0.25, 0.3) is 0 Å². The number of amides is 1. The molecule has 1 aromatic carbocycles. The third kappa shape index (κ3) is 3.59. The van der Waals surface area contributed by atoms with Crippen molar-refractivity contribution in [3.63, 3.8) is 0 Å². The molecule has 0 saturated heterocycles. The lowest BCUT2D eigenvalue weighted by molar-refractivity contribution is 0.0955. The number of fused-ring (bicyclic) bond motifs is 1. The van der Waals surface area contributed by atoms with Crippen molar-refractivity contribution < 1.29 is 9.18 Å². The van der Waals surface area contributed by atoms with Gasteiger partial charge < -0.3 is 10.2 Å². The average Bonchev–Trinajstić information content (AvgIpc) is 3.17. The minimum absolute atomic E-state index is 0.122. The molecule has 1 amide bonds. The zero-order valence-electron chi connectivity index (χ0n) is 13.8. The van der Waals surface area contributed by atoms with Crippen LogP contribution in [0.15, 0.2) is 59.8 Å². The largest absolute Gasteiger partial charge is 0.347 e. The van der Waals surface area contributed by atoms with Crippen molar-refractivity contribution in [2.75, 3.05) is 17.2 Å².